The summed E-state index contributed by atoms with van der Waals surface area (Å²) in [5.41, 5.74) is 5.86. The molecule has 1 atom stereocenters. The quantitative estimate of drug-likeness (QED) is 0.647. The van der Waals surface area contributed by atoms with E-state index in [4.69, 9.17) is 22.5 Å². The first-order valence-electron chi connectivity index (χ1n) is 2.82. The lowest BCUT2D eigenvalue weighted by molar-refractivity contribution is 0.684. The molecule has 0 bridgehead atoms. The van der Waals surface area contributed by atoms with Crippen molar-refractivity contribution in [2.24, 2.45) is 5.14 Å². The van der Waals surface area contributed by atoms with Crippen LogP contribution in [0.15, 0.2) is 23.1 Å². The van der Waals surface area contributed by atoms with E-state index < -0.39 is 11.0 Å². The first-order chi connectivity index (χ1) is 5.11. The largest absolute Gasteiger partial charge is 0.398 e. The Labute approximate surface area is 71.9 Å². The van der Waals surface area contributed by atoms with Crippen LogP contribution in [-0.4, -0.2) is 4.21 Å². The molecule has 0 amide bonds. The van der Waals surface area contributed by atoms with Crippen molar-refractivity contribution in [2.75, 3.05) is 5.73 Å². The molecule has 1 unspecified atom stereocenters. The molecule has 0 saturated carbocycles. The summed E-state index contributed by atoms with van der Waals surface area (Å²) in [5.74, 6) is 0. The molecule has 0 aromatic heterocycles. The van der Waals surface area contributed by atoms with Gasteiger partial charge < -0.3 is 5.73 Å². The van der Waals surface area contributed by atoms with E-state index in [2.05, 4.69) is 0 Å². The van der Waals surface area contributed by atoms with Crippen molar-refractivity contribution in [3.63, 3.8) is 0 Å². The van der Waals surface area contributed by atoms with E-state index in [9.17, 15) is 4.21 Å². The van der Waals surface area contributed by atoms with E-state index in [-0.39, 0.29) is 0 Å². The third kappa shape index (κ3) is 1.92. The average molecular weight is 191 g/mol. The lowest BCUT2D eigenvalue weighted by Crippen LogP contribution is -2.05. The van der Waals surface area contributed by atoms with Crippen LogP contribution in [0.4, 0.5) is 5.69 Å². The maximum atomic E-state index is 10.8. The first-order valence-corrected chi connectivity index (χ1v) is 4.41. The molecule has 0 aliphatic rings. The summed E-state index contributed by atoms with van der Waals surface area (Å²) in [7, 11) is -1.56. The highest BCUT2D eigenvalue weighted by Crippen LogP contribution is 2.19. The van der Waals surface area contributed by atoms with Crippen LogP contribution in [0, 0.1) is 0 Å². The second-order valence-corrected chi connectivity index (χ2v) is 3.45. The molecule has 0 aliphatic heterocycles. The molecule has 4 N–H and O–H groups in total. The van der Waals surface area contributed by atoms with Crippen molar-refractivity contribution in [1.29, 1.82) is 0 Å². The van der Waals surface area contributed by atoms with Gasteiger partial charge in [0.25, 0.3) is 0 Å². The molecule has 1 aromatic rings. The molecule has 1 aromatic carbocycles. The Balaban J connectivity index is 3.23. The van der Waals surface area contributed by atoms with Gasteiger partial charge >= 0.3 is 0 Å². The number of nitrogen functional groups attached to an aromatic ring is 1. The summed E-state index contributed by atoms with van der Waals surface area (Å²) in [4.78, 5) is 0.373. The smallest absolute Gasteiger partial charge is 0.124 e. The van der Waals surface area contributed by atoms with Crippen LogP contribution in [0.25, 0.3) is 0 Å². The van der Waals surface area contributed by atoms with Gasteiger partial charge in [0.2, 0.25) is 0 Å². The second kappa shape index (κ2) is 3.21. The summed E-state index contributed by atoms with van der Waals surface area (Å²) in [6.45, 7) is 0. The third-order valence-corrected chi connectivity index (χ3v) is 2.21. The van der Waals surface area contributed by atoms with Gasteiger partial charge in [-0.05, 0) is 18.2 Å². The fourth-order valence-corrected chi connectivity index (χ4v) is 1.46. The summed E-state index contributed by atoms with van der Waals surface area (Å²) in [6.07, 6.45) is 0. The molecule has 0 spiro atoms. The molecular weight excluding hydrogens is 184 g/mol. The average Bonchev–Trinajstić information content (AvgIpc) is 1.94. The van der Waals surface area contributed by atoms with E-state index in [0.717, 1.165) is 0 Å². The van der Waals surface area contributed by atoms with Gasteiger partial charge in [0.05, 0.1) is 4.90 Å². The van der Waals surface area contributed by atoms with E-state index in [1.807, 2.05) is 0 Å². The van der Waals surface area contributed by atoms with Crippen LogP contribution in [0.5, 0.6) is 0 Å². The number of benzene rings is 1. The van der Waals surface area contributed by atoms with Crippen molar-refractivity contribution >= 4 is 28.3 Å². The SMILES string of the molecule is Nc1ccc(Cl)cc1S(N)=O. The van der Waals surface area contributed by atoms with E-state index >= 15 is 0 Å². The van der Waals surface area contributed by atoms with Crippen molar-refractivity contribution in [2.45, 2.75) is 4.90 Å². The van der Waals surface area contributed by atoms with Crippen LogP contribution in [0.2, 0.25) is 5.02 Å². The zero-order valence-electron chi connectivity index (χ0n) is 5.58. The summed E-state index contributed by atoms with van der Waals surface area (Å²) >= 11 is 5.62. The molecule has 60 valence electrons. The summed E-state index contributed by atoms with van der Waals surface area (Å²) < 4.78 is 10.8. The molecular formula is C6H7ClN2OS. The highest BCUT2D eigenvalue weighted by molar-refractivity contribution is 7.82. The fourth-order valence-electron chi connectivity index (χ4n) is 0.682. The number of hydrogen-bond donors (Lipinski definition) is 2. The minimum Gasteiger partial charge on any atom is -0.398 e. The number of hydrogen-bond acceptors (Lipinski definition) is 2. The van der Waals surface area contributed by atoms with E-state index in [0.29, 0.717) is 15.6 Å². The zero-order chi connectivity index (χ0) is 8.43. The molecule has 0 aliphatic carbocycles. The fraction of sp³-hybridized carbons (Fsp3) is 0. The van der Waals surface area contributed by atoms with Gasteiger partial charge in [-0.15, -0.1) is 0 Å². The van der Waals surface area contributed by atoms with Gasteiger partial charge in [-0.1, -0.05) is 11.6 Å². The van der Waals surface area contributed by atoms with Crippen LogP contribution in [-0.2, 0) is 11.0 Å². The van der Waals surface area contributed by atoms with Gasteiger partial charge in [-0.3, -0.25) is 0 Å². The van der Waals surface area contributed by atoms with Crippen LogP contribution < -0.4 is 10.9 Å². The molecule has 0 fully saturated rings. The van der Waals surface area contributed by atoms with Crippen LogP contribution in [0.1, 0.15) is 0 Å². The standard InChI is InChI=1S/C6H7ClN2OS/c7-4-1-2-5(8)6(3-4)11(9)10/h1-3H,8-9H2. The van der Waals surface area contributed by atoms with Gasteiger partial charge in [0, 0.05) is 10.7 Å². The maximum absolute atomic E-state index is 10.8. The Morgan fingerprint density at radius 1 is 1.45 bits per heavy atom. The van der Waals surface area contributed by atoms with E-state index in [1.165, 1.54) is 6.07 Å². The molecule has 1 rings (SSSR count). The van der Waals surface area contributed by atoms with Crippen molar-refractivity contribution in [3.05, 3.63) is 23.2 Å². The Morgan fingerprint density at radius 2 is 2.09 bits per heavy atom. The van der Waals surface area contributed by atoms with Gasteiger partial charge in [0.1, 0.15) is 11.0 Å². The van der Waals surface area contributed by atoms with Crippen molar-refractivity contribution in [1.82, 2.24) is 0 Å². The van der Waals surface area contributed by atoms with E-state index in [1.54, 1.807) is 12.1 Å². The third-order valence-electron chi connectivity index (χ3n) is 1.19. The highest BCUT2D eigenvalue weighted by atomic mass is 35.5. The van der Waals surface area contributed by atoms with Gasteiger partial charge in [-0.25, -0.2) is 9.35 Å². The number of rotatable bonds is 1. The number of anilines is 1. The molecule has 11 heavy (non-hydrogen) atoms. The zero-order valence-corrected chi connectivity index (χ0v) is 7.15. The molecule has 0 radical (unpaired) electrons. The molecule has 0 saturated heterocycles. The predicted molar refractivity (Wildman–Crippen MR) is 46.5 cm³/mol. The Bertz CT molecular complexity index is 303. The maximum Gasteiger partial charge on any atom is 0.124 e. The summed E-state index contributed by atoms with van der Waals surface area (Å²) in [5, 5.41) is 5.60. The molecule has 5 heteroatoms. The van der Waals surface area contributed by atoms with Gasteiger partial charge in [-0.2, -0.15) is 0 Å². The predicted octanol–water partition coefficient (Wildman–Crippen LogP) is 0.904. The molecule has 0 heterocycles. The topological polar surface area (TPSA) is 69.1 Å². The second-order valence-electron chi connectivity index (χ2n) is 1.98. The first kappa shape index (κ1) is 8.52. The van der Waals surface area contributed by atoms with Crippen molar-refractivity contribution < 1.29 is 4.21 Å². The monoisotopic (exact) mass is 190 g/mol. The highest BCUT2D eigenvalue weighted by Gasteiger charge is 2.03. The van der Waals surface area contributed by atoms with Crippen LogP contribution >= 0.6 is 11.6 Å². The van der Waals surface area contributed by atoms with Crippen LogP contribution in [0.3, 0.4) is 0 Å². The number of halogens is 1. The number of nitrogens with two attached hydrogens (primary N) is 2. The minimum atomic E-state index is -1.56. The Hall–Kier alpha value is -0.580. The lowest BCUT2D eigenvalue weighted by atomic mass is 10.3. The Kier molecular flexibility index (Phi) is 2.49. The lowest BCUT2D eigenvalue weighted by Gasteiger charge is -2.00. The van der Waals surface area contributed by atoms with Gasteiger partial charge in [0.15, 0.2) is 0 Å². The Morgan fingerprint density at radius 3 is 2.55 bits per heavy atom. The van der Waals surface area contributed by atoms with Crippen molar-refractivity contribution in [3.8, 4) is 0 Å². The minimum absolute atomic E-state index is 0.373. The summed E-state index contributed by atoms with van der Waals surface area (Å²) in [6, 6.07) is 4.68. The molecule has 3 nitrogen and oxygen atoms in total. The normalized spacial score (nSPS) is 12.9.